The molecule has 1 saturated heterocycles. The maximum absolute atomic E-state index is 4.66. The lowest BCUT2D eigenvalue weighted by Gasteiger charge is -2.50. The van der Waals surface area contributed by atoms with Crippen molar-refractivity contribution in [2.75, 3.05) is 18.0 Å². The van der Waals surface area contributed by atoms with Crippen molar-refractivity contribution in [1.82, 2.24) is 15.1 Å². The van der Waals surface area contributed by atoms with Crippen LogP contribution in [-0.2, 0) is 13.5 Å². The number of anilines is 1. The first-order valence-electron chi connectivity index (χ1n) is 8.71. The molecule has 0 amide bonds. The van der Waals surface area contributed by atoms with Gasteiger partial charge in [0.1, 0.15) is 0 Å². The molecule has 118 valence electrons. The fourth-order valence-electron chi connectivity index (χ4n) is 4.18. The fourth-order valence-corrected chi connectivity index (χ4v) is 4.18. The van der Waals surface area contributed by atoms with Crippen molar-refractivity contribution in [1.29, 1.82) is 0 Å². The molecule has 2 fully saturated rings. The summed E-state index contributed by atoms with van der Waals surface area (Å²) in [6.45, 7) is 6.80. The Hall–Kier alpha value is -1.03. The molecule has 1 aliphatic heterocycles. The first kappa shape index (κ1) is 14.9. The molecule has 2 aliphatic rings. The summed E-state index contributed by atoms with van der Waals surface area (Å²) in [7, 11) is 2.04. The molecule has 1 aromatic rings. The van der Waals surface area contributed by atoms with Crippen molar-refractivity contribution in [2.45, 2.75) is 70.4 Å². The number of hydrogen-bond donors (Lipinski definition) is 1. The summed E-state index contributed by atoms with van der Waals surface area (Å²) in [5.74, 6) is 0. The van der Waals surface area contributed by atoms with E-state index in [0.29, 0.717) is 11.6 Å². The quantitative estimate of drug-likeness (QED) is 0.929. The zero-order chi connectivity index (χ0) is 14.9. The number of aryl methyl sites for hydroxylation is 2. The molecule has 4 nitrogen and oxygen atoms in total. The number of rotatable bonds is 3. The number of aromatic nitrogens is 2. The van der Waals surface area contributed by atoms with Crippen LogP contribution in [0.1, 0.15) is 58.1 Å². The van der Waals surface area contributed by atoms with E-state index in [4.69, 9.17) is 0 Å². The van der Waals surface area contributed by atoms with Crippen LogP contribution in [0.4, 0.5) is 5.69 Å². The normalized spacial score (nSPS) is 25.5. The third kappa shape index (κ3) is 2.83. The van der Waals surface area contributed by atoms with Crippen LogP contribution in [-0.4, -0.2) is 34.5 Å². The molecule has 1 aliphatic carbocycles. The molecule has 2 heterocycles. The van der Waals surface area contributed by atoms with Gasteiger partial charge in [-0.05, 0) is 25.7 Å². The van der Waals surface area contributed by atoms with E-state index in [9.17, 15) is 0 Å². The van der Waals surface area contributed by atoms with E-state index >= 15 is 0 Å². The van der Waals surface area contributed by atoms with Crippen LogP contribution in [0.5, 0.6) is 0 Å². The van der Waals surface area contributed by atoms with Crippen molar-refractivity contribution in [2.24, 2.45) is 7.05 Å². The van der Waals surface area contributed by atoms with Gasteiger partial charge >= 0.3 is 0 Å². The maximum atomic E-state index is 4.66. The molecule has 1 N–H and O–H groups in total. The molecule has 0 radical (unpaired) electrons. The van der Waals surface area contributed by atoms with Crippen molar-refractivity contribution in [3.8, 4) is 0 Å². The summed E-state index contributed by atoms with van der Waals surface area (Å²) >= 11 is 0. The average molecular weight is 290 g/mol. The minimum atomic E-state index is 0.352. The summed E-state index contributed by atoms with van der Waals surface area (Å²) in [4.78, 5) is 2.66. The number of nitrogens with zero attached hydrogens (tertiary/aromatic N) is 3. The van der Waals surface area contributed by atoms with E-state index in [1.165, 1.54) is 49.9 Å². The van der Waals surface area contributed by atoms with Gasteiger partial charge in [-0.2, -0.15) is 5.10 Å². The van der Waals surface area contributed by atoms with Gasteiger partial charge in [0.15, 0.2) is 0 Å². The van der Waals surface area contributed by atoms with E-state index in [2.05, 4.69) is 35.4 Å². The highest BCUT2D eigenvalue weighted by molar-refractivity contribution is 5.52. The number of nitrogens with one attached hydrogen (secondary N) is 1. The van der Waals surface area contributed by atoms with E-state index in [1.54, 1.807) is 0 Å². The zero-order valence-corrected chi connectivity index (χ0v) is 13.9. The van der Waals surface area contributed by atoms with Crippen LogP contribution < -0.4 is 10.2 Å². The summed E-state index contributed by atoms with van der Waals surface area (Å²) < 4.78 is 1.98. The SMILES string of the molecule is CCc1nn(C)cc1N1CC2(CCCCC2)NCC1CC. The molecule has 0 bridgehead atoms. The summed E-state index contributed by atoms with van der Waals surface area (Å²) in [6, 6.07) is 0.604. The molecule has 1 saturated carbocycles. The number of hydrogen-bond acceptors (Lipinski definition) is 3. The average Bonchev–Trinajstić information content (AvgIpc) is 2.89. The summed E-state index contributed by atoms with van der Waals surface area (Å²) in [5.41, 5.74) is 2.98. The molecule has 1 unspecified atom stereocenters. The summed E-state index contributed by atoms with van der Waals surface area (Å²) in [6.07, 6.45) is 11.3. The molecule has 3 rings (SSSR count). The highest BCUT2D eigenvalue weighted by atomic mass is 15.3. The second kappa shape index (κ2) is 5.99. The standard InChI is InChI=1S/C17H30N4/c1-4-14-11-18-17(9-7-6-8-10-17)13-21(14)16-12-20(3)19-15(16)5-2/h12,14,18H,4-11,13H2,1-3H3. The van der Waals surface area contributed by atoms with Crippen LogP contribution in [0.3, 0.4) is 0 Å². The third-order valence-electron chi connectivity index (χ3n) is 5.44. The van der Waals surface area contributed by atoms with Crippen LogP contribution in [0.25, 0.3) is 0 Å². The lowest BCUT2D eigenvalue weighted by Crippen LogP contribution is -2.65. The Morgan fingerprint density at radius 3 is 2.71 bits per heavy atom. The Bertz CT molecular complexity index is 473. The minimum Gasteiger partial charge on any atom is -0.363 e. The minimum absolute atomic E-state index is 0.352. The summed E-state index contributed by atoms with van der Waals surface area (Å²) in [5, 5.41) is 8.57. The van der Waals surface area contributed by atoms with Crippen molar-refractivity contribution >= 4 is 5.69 Å². The Kier molecular flexibility index (Phi) is 4.25. The van der Waals surface area contributed by atoms with E-state index < -0.39 is 0 Å². The molecular formula is C17H30N4. The zero-order valence-electron chi connectivity index (χ0n) is 13.9. The second-order valence-electron chi connectivity index (χ2n) is 6.90. The molecule has 1 atom stereocenters. The molecule has 0 aromatic carbocycles. The Morgan fingerprint density at radius 1 is 1.29 bits per heavy atom. The first-order valence-corrected chi connectivity index (χ1v) is 8.71. The van der Waals surface area contributed by atoms with Crippen molar-refractivity contribution < 1.29 is 0 Å². The second-order valence-corrected chi connectivity index (χ2v) is 6.90. The van der Waals surface area contributed by atoms with Gasteiger partial charge < -0.3 is 10.2 Å². The van der Waals surface area contributed by atoms with Crippen LogP contribution in [0.15, 0.2) is 6.20 Å². The van der Waals surface area contributed by atoms with Crippen molar-refractivity contribution in [3.63, 3.8) is 0 Å². The molecule has 1 spiro atoms. The van der Waals surface area contributed by atoms with Gasteiger partial charge in [0.25, 0.3) is 0 Å². The van der Waals surface area contributed by atoms with Gasteiger partial charge in [-0.3, -0.25) is 4.68 Å². The molecule has 4 heteroatoms. The lowest BCUT2D eigenvalue weighted by atomic mass is 9.79. The Balaban J connectivity index is 1.88. The van der Waals surface area contributed by atoms with Gasteiger partial charge in [0.2, 0.25) is 0 Å². The highest BCUT2D eigenvalue weighted by Crippen LogP contribution is 2.35. The Labute approximate surface area is 128 Å². The fraction of sp³-hybridized carbons (Fsp3) is 0.824. The van der Waals surface area contributed by atoms with Crippen LogP contribution >= 0.6 is 0 Å². The lowest BCUT2D eigenvalue weighted by molar-refractivity contribution is 0.195. The molecule has 21 heavy (non-hydrogen) atoms. The smallest absolute Gasteiger partial charge is 0.0855 e. The predicted molar refractivity (Wildman–Crippen MR) is 87.8 cm³/mol. The monoisotopic (exact) mass is 290 g/mol. The first-order chi connectivity index (χ1) is 10.2. The van der Waals surface area contributed by atoms with Gasteiger partial charge in [-0.25, -0.2) is 0 Å². The molecular weight excluding hydrogens is 260 g/mol. The third-order valence-corrected chi connectivity index (χ3v) is 5.44. The van der Waals surface area contributed by atoms with Crippen molar-refractivity contribution in [3.05, 3.63) is 11.9 Å². The topological polar surface area (TPSA) is 33.1 Å². The van der Waals surface area contributed by atoms with E-state index in [0.717, 1.165) is 19.5 Å². The van der Waals surface area contributed by atoms with Crippen LogP contribution in [0, 0.1) is 0 Å². The highest BCUT2D eigenvalue weighted by Gasteiger charge is 2.40. The van der Waals surface area contributed by atoms with Crippen LogP contribution in [0.2, 0.25) is 0 Å². The maximum Gasteiger partial charge on any atom is 0.0855 e. The van der Waals surface area contributed by atoms with E-state index in [1.807, 2.05) is 11.7 Å². The largest absolute Gasteiger partial charge is 0.363 e. The van der Waals surface area contributed by atoms with Gasteiger partial charge in [0, 0.05) is 37.9 Å². The van der Waals surface area contributed by atoms with E-state index in [-0.39, 0.29) is 0 Å². The molecule has 1 aromatic heterocycles. The number of piperazine rings is 1. The Morgan fingerprint density at radius 2 is 2.05 bits per heavy atom. The predicted octanol–water partition coefficient (Wildman–Crippen LogP) is 2.87. The van der Waals surface area contributed by atoms with Gasteiger partial charge in [-0.15, -0.1) is 0 Å². The van der Waals surface area contributed by atoms with Gasteiger partial charge in [-0.1, -0.05) is 33.1 Å². The van der Waals surface area contributed by atoms with Gasteiger partial charge in [0.05, 0.1) is 11.4 Å².